The van der Waals surface area contributed by atoms with Crippen LogP contribution < -0.4 is 4.87 Å². The van der Waals surface area contributed by atoms with E-state index in [4.69, 9.17) is 5.11 Å². The molecule has 2 N–H and O–H groups in total. The average molecular weight is 449 g/mol. The number of rotatable bonds is 3. The first-order chi connectivity index (χ1) is 14.0. The van der Waals surface area contributed by atoms with Gasteiger partial charge in [0.1, 0.15) is 6.54 Å². The molecule has 2 amide bonds. The topological polar surface area (TPSA) is 108 Å². The molecule has 29 heavy (non-hydrogen) atoms. The summed E-state index contributed by atoms with van der Waals surface area (Å²) in [6.07, 6.45) is 0.817. The van der Waals surface area contributed by atoms with Gasteiger partial charge in [-0.2, -0.15) is 0 Å². The molecule has 0 spiro atoms. The Morgan fingerprint density at radius 3 is 2.66 bits per heavy atom. The normalized spacial score (nSPS) is 37.0. The van der Waals surface area contributed by atoms with E-state index in [1.54, 1.807) is 23.1 Å². The molecule has 150 valence electrons. The van der Waals surface area contributed by atoms with Crippen molar-refractivity contribution in [3.63, 3.8) is 0 Å². The fourth-order valence-electron chi connectivity index (χ4n) is 6.16. The van der Waals surface area contributed by atoms with Crippen LogP contribution in [0.2, 0.25) is 0 Å². The van der Waals surface area contributed by atoms with Crippen LogP contribution in [0.4, 0.5) is 0 Å². The highest BCUT2D eigenvalue weighted by molar-refractivity contribution is 8.00. The Kier molecular flexibility index (Phi) is 3.74. The predicted octanol–water partition coefficient (Wildman–Crippen LogP) is 2.06. The van der Waals surface area contributed by atoms with Crippen molar-refractivity contribution < 1.29 is 19.5 Å². The second kappa shape index (κ2) is 6.05. The summed E-state index contributed by atoms with van der Waals surface area (Å²) in [5.74, 6) is -2.36. The van der Waals surface area contributed by atoms with Crippen molar-refractivity contribution in [2.24, 2.45) is 29.6 Å². The number of carboxylic acids is 1. The molecule has 7 atom stereocenters. The van der Waals surface area contributed by atoms with Gasteiger partial charge in [0.15, 0.2) is 0 Å². The van der Waals surface area contributed by atoms with Crippen molar-refractivity contribution in [3.05, 3.63) is 36.9 Å². The van der Waals surface area contributed by atoms with Gasteiger partial charge in [0.25, 0.3) is 0 Å². The lowest BCUT2D eigenvalue weighted by Gasteiger charge is -2.42. The molecule has 10 heteroatoms. The van der Waals surface area contributed by atoms with Crippen LogP contribution in [-0.4, -0.2) is 44.6 Å². The van der Waals surface area contributed by atoms with Crippen LogP contribution in [0.3, 0.4) is 0 Å². The molecule has 2 bridgehead atoms. The number of aliphatic carboxylic acids is 1. The number of hydrogen-bond donors (Lipinski definition) is 2. The number of carbonyl (C=O) groups is 3. The minimum absolute atomic E-state index is 0.0364. The summed E-state index contributed by atoms with van der Waals surface area (Å²) in [4.78, 5) is 55.3. The molecule has 2 aliphatic carbocycles. The number of fused-ring (bicyclic) bond motifs is 9. The van der Waals surface area contributed by atoms with Crippen molar-refractivity contribution in [1.82, 2.24) is 9.88 Å². The van der Waals surface area contributed by atoms with Crippen molar-refractivity contribution in [2.75, 3.05) is 6.54 Å². The minimum atomic E-state index is -1.16. The standard InChI is InChI=1S/C19H16N2O5S3/c22-9(23)5-21-17(24)11-6-4-7(12(11)18(21)25)14-10(6)13(8-2-1-3-27-8)15-16(28-14)20-19(26)29-15/h1-3,6-7,10-14H,4-5H2,(H,20,26)(H,22,23)/t6-,7-,10-,11+,12-,13-,14-/m1/s1. The van der Waals surface area contributed by atoms with Crippen LogP contribution >= 0.6 is 34.4 Å². The van der Waals surface area contributed by atoms with Gasteiger partial charge in [0.05, 0.1) is 16.9 Å². The highest BCUT2D eigenvalue weighted by Crippen LogP contribution is 2.68. The Labute approximate surface area is 177 Å². The Hall–Kier alpha value is -1.91. The fraction of sp³-hybridized carbons (Fsp3) is 0.474. The van der Waals surface area contributed by atoms with Crippen LogP contribution in [0, 0.1) is 29.6 Å². The molecule has 0 aromatic carbocycles. The SMILES string of the molecule is O=C(O)CN1C(=O)[C@@H]2[C@H]3C[C@@H]([C@@H]2C1=O)[C@@H]1[C@@H](c2cccs2)c2sc(=O)[nH]c2S[C@H]31. The molecule has 0 unspecified atom stereocenters. The molecule has 2 aromatic rings. The van der Waals surface area contributed by atoms with Gasteiger partial charge in [0.2, 0.25) is 11.8 Å². The summed E-state index contributed by atoms with van der Waals surface area (Å²) in [5, 5.41) is 12.2. The number of H-pyrrole nitrogens is 1. The molecular formula is C19H16N2O5S3. The lowest BCUT2D eigenvalue weighted by Crippen LogP contribution is -2.42. The number of hydrogen-bond acceptors (Lipinski definition) is 7. The van der Waals surface area contributed by atoms with Crippen molar-refractivity contribution >= 4 is 52.2 Å². The van der Waals surface area contributed by atoms with E-state index < -0.39 is 24.3 Å². The number of likely N-dealkylation sites (tertiary alicyclic amines) is 1. The number of carboxylic acid groups (broad SMARTS) is 1. The summed E-state index contributed by atoms with van der Waals surface area (Å²) in [6.45, 7) is -0.554. The predicted molar refractivity (Wildman–Crippen MR) is 107 cm³/mol. The van der Waals surface area contributed by atoms with Crippen LogP contribution in [0.25, 0.3) is 0 Å². The average Bonchev–Trinajstić information content (AvgIpc) is 3.45. The van der Waals surface area contributed by atoms with E-state index in [1.165, 1.54) is 16.2 Å². The van der Waals surface area contributed by atoms with Crippen LogP contribution in [0.1, 0.15) is 22.1 Å². The monoisotopic (exact) mass is 448 g/mol. The number of aromatic nitrogens is 1. The first kappa shape index (κ1) is 17.9. The second-order valence-electron chi connectivity index (χ2n) is 8.13. The van der Waals surface area contributed by atoms with Gasteiger partial charge >= 0.3 is 10.8 Å². The van der Waals surface area contributed by atoms with Gasteiger partial charge in [0, 0.05) is 20.9 Å². The maximum atomic E-state index is 13.0. The Morgan fingerprint density at radius 1 is 1.21 bits per heavy atom. The number of thiazole rings is 1. The van der Waals surface area contributed by atoms with Crippen molar-refractivity contribution in [2.45, 2.75) is 22.6 Å². The number of nitrogens with zero attached hydrogens (tertiary/aromatic N) is 1. The number of imide groups is 1. The minimum Gasteiger partial charge on any atom is -0.480 e. The van der Waals surface area contributed by atoms with Gasteiger partial charge in [-0.3, -0.25) is 24.1 Å². The number of amides is 2. The molecule has 7 nitrogen and oxygen atoms in total. The highest BCUT2D eigenvalue weighted by Gasteiger charge is 2.69. The van der Waals surface area contributed by atoms with E-state index in [1.807, 2.05) is 11.4 Å². The van der Waals surface area contributed by atoms with Gasteiger partial charge in [-0.25, -0.2) is 0 Å². The Balaban J connectivity index is 1.45. The summed E-state index contributed by atoms with van der Waals surface area (Å²) < 4.78 is 0. The number of thiophene rings is 1. The zero-order valence-electron chi connectivity index (χ0n) is 14.9. The van der Waals surface area contributed by atoms with E-state index in [0.29, 0.717) is 0 Å². The quantitative estimate of drug-likeness (QED) is 0.696. The maximum absolute atomic E-state index is 13.0. The smallest absolute Gasteiger partial charge is 0.323 e. The number of aromatic amines is 1. The second-order valence-corrected chi connectivity index (χ2v) is 11.3. The first-order valence-electron chi connectivity index (χ1n) is 9.45. The number of carbonyl (C=O) groups excluding carboxylic acids is 2. The van der Waals surface area contributed by atoms with Gasteiger partial charge in [-0.15, -0.1) is 23.1 Å². The molecule has 6 rings (SSSR count). The lowest BCUT2D eigenvalue weighted by molar-refractivity contribution is -0.149. The number of thioether (sulfide) groups is 1. The van der Waals surface area contributed by atoms with Gasteiger partial charge in [-0.05, 0) is 35.6 Å². The van der Waals surface area contributed by atoms with Crippen molar-refractivity contribution in [3.8, 4) is 0 Å². The number of nitrogens with one attached hydrogen (secondary N) is 1. The van der Waals surface area contributed by atoms with Crippen LogP contribution in [0.5, 0.6) is 0 Å². The molecule has 4 heterocycles. The van der Waals surface area contributed by atoms with E-state index in [2.05, 4.69) is 11.1 Å². The molecule has 1 saturated heterocycles. The van der Waals surface area contributed by atoms with Crippen molar-refractivity contribution in [1.29, 1.82) is 0 Å². The summed E-state index contributed by atoms with van der Waals surface area (Å²) >= 11 is 4.54. The van der Waals surface area contributed by atoms with Gasteiger partial charge < -0.3 is 10.1 Å². The molecule has 4 aliphatic rings. The zero-order chi connectivity index (χ0) is 20.0. The zero-order valence-corrected chi connectivity index (χ0v) is 17.4. The fourth-order valence-corrected chi connectivity index (χ4v) is 10.0. The Morgan fingerprint density at radius 2 is 1.97 bits per heavy atom. The highest BCUT2D eigenvalue weighted by atomic mass is 32.2. The summed E-state index contributed by atoms with van der Waals surface area (Å²) in [7, 11) is 0. The van der Waals surface area contributed by atoms with E-state index >= 15 is 0 Å². The van der Waals surface area contributed by atoms with E-state index in [9.17, 15) is 19.2 Å². The first-order valence-corrected chi connectivity index (χ1v) is 12.0. The Bertz CT molecular complexity index is 1110. The molecule has 2 aromatic heterocycles. The summed E-state index contributed by atoms with van der Waals surface area (Å²) in [6, 6.07) is 4.08. The third-order valence-corrected chi connectivity index (χ3v) is 10.5. The summed E-state index contributed by atoms with van der Waals surface area (Å²) in [5.41, 5.74) is 0. The van der Waals surface area contributed by atoms with Crippen LogP contribution in [-0.2, 0) is 14.4 Å². The molecule has 2 saturated carbocycles. The van der Waals surface area contributed by atoms with E-state index in [-0.39, 0.29) is 45.6 Å². The largest absolute Gasteiger partial charge is 0.480 e. The molecule has 2 aliphatic heterocycles. The van der Waals surface area contributed by atoms with E-state index in [0.717, 1.165) is 21.2 Å². The third-order valence-electron chi connectivity index (χ3n) is 6.96. The maximum Gasteiger partial charge on any atom is 0.323 e. The lowest BCUT2D eigenvalue weighted by atomic mass is 9.69. The molecular weight excluding hydrogens is 432 g/mol. The van der Waals surface area contributed by atoms with Gasteiger partial charge in [-0.1, -0.05) is 17.4 Å². The molecule has 3 fully saturated rings. The molecule has 0 radical (unpaired) electrons. The van der Waals surface area contributed by atoms with Crippen LogP contribution in [0.15, 0.2) is 27.3 Å². The third kappa shape index (κ3) is 2.30.